The molecule has 2 aromatic heterocycles. The lowest BCUT2D eigenvalue weighted by Crippen LogP contribution is -1.93. The molecule has 0 aliphatic rings. The van der Waals surface area contributed by atoms with E-state index in [1.54, 1.807) is 14.2 Å². The molecule has 2 aromatic rings. The molecular weight excluding hydrogens is 366 g/mol. The molecule has 0 unspecified atom stereocenters. The standard InChI is InChI=1S/2C10H13FN2O/c2*1-8(4-3-5-14-2)10-12-6-9(11)7-13-10/h2*4,6-7H,3,5H2,1-2H3/b8-4+;8-4-. The van der Waals surface area contributed by atoms with Crippen molar-refractivity contribution in [2.45, 2.75) is 26.7 Å². The summed E-state index contributed by atoms with van der Waals surface area (Å²) < 4.78 is 34.8. The first kappa shape index (κ1) is 23.5. The smallest absolute Gasteiger partial charge is 0.159 e. The number of rotatable bonds is 8. The zero-order valence-electron chi connectivity index (χ0n) is 16.7. The molecule has 8 heteroatoms. The van der Waals surface area contributed by atoms with Crippen molar-refractivity contribution in [2.75, 3.05) is 27.4 Å². The highest BCUT2D eigenvalue weighted by atomic mass is 19.1. The second-order valence-electron chi connectivity index (χ2n) is 5.79. The lowest BCUT2D eigenvalue weighted by molar-refractivity contribution is 0.204. The molecule has 2 heterocycles. The van der Waals surface area contributed by atoms with Crippen molar-refractivity contribution >= 4 is 11.1 Å². The highest BCUT2D eigenvalue weighted by molar-refractivity contribution is 5.57. The summed E-state index contributed by atoms with van der Waals surface area (Å²) in [5, 5.41) is 0. The van der Waals surface area contributed by atoms with Gasteiger partial charge >= 0.3 is 0 Å². The third-order valence-corrected chi connectivity index (χ3v) is 3.49. The molecule has 6 nitrogen and oxygen atoms in total. The van der Waals surface area contributed by atoms with Crippen LogP contribution in [0.5, 0.6) is 0 Å². The molecule has 0 amide bonds. The number of aromatic nitrogens is 4. The Kier molecular flexibility index (Phi) is 11.4. The average Bonchev–Trinajstić information content (AvgIpc) is 2.70. The van der Waals surface area contributed by atoms with Gasteiger partial charge in [-0.2, -0.15) is 0 Å². The Labute approximate surface area is 164 Å². The molecule has 0 N–H and O–H groups in total. The van der Waals surface area contributed by atoms with E-state index in [1.807, 2.05) is 26.0 Å². The minimum atomic E-state index is -0.418. The lowest BCUT2D eigenvalue weighted by atomic mass is 10.2. The molecule has 0 saturated carbocycles. The molecule has 0 aromatic carbocycles. The van der Waals surface area contributed by atoms with Crippen molar-refractivity contribution < 1.29 is 18.3 Å². The van der Waals surface area contributed by atoms with Crippen LogP contribution in [-0.2, 0) is 9.47 Å². The van der Waals surface area contributed by atoms with Crippen LogP contribution in [0, 0.1) is 11.6 Å². The van der Waals surface area contributed by atoms with Gasteiger partial charge < -0.3 is 9.47 Å². The molecular formula is C20H26F2N4O2. The first-order chi connectivity index (χ1) is 13.5. The van der Waals surface area contributed by atoms with Crippen molar-refractivity contribution in [1.29, 1.82) is 0 Å². The van der Waals surface area contributed by atoms with E-state index in [4.69, 9.17) is 9.47 Å². The van der Waals surface area contributed by atoms with Crippen LogP contribution in [0.15, 0.2) is 36.9 Å². The largest absolute Gasteiger partial charge is 0.384 e. The third-order valence-electron chi connectivity index (χ3n) is 3.49. The van der Waals surface area contributed by atoms with E-state index in [0.717, 1.165) is 48.8 Å². The molecule has 28 heavy (non-hydrogen) atoms. The van der Waals surface area contributed by atoms with E-state index in [2.05, 4.69) is 19.9 Å². The minimum absolute atomic E-state index is 0.418. The van der Waals surface area contributed by atoms with Crippen molar-refractivity contribution in [1.82, 2.24) is 19.9 Å². The molecule has 0 saturated heterocycles. The number of hydrogen-bond acceptors (Lipinski definition) is 6. The van der Waals surface area contributed by atoms with Crippen LogP contribution in [0.1, 0.15) is 38.3 Å². The summed E-state index contributed by atoms with van der Waals surface area (Å²) >= 11 is 0. The van der Waals surface area contributed by atoms with Crippen LogP contribution in [0.3, 0.4) is 0 Å². The summed E-state index contributed by atoms with van der Waals surface area (Å²) in [6.07, 6.45) is 10.2. The lowest BCUT2D eigenvalue weighted by Gasteiger charge is -1.99. The number of halogens is 2. The van der Waals surface area contributed by atoms with Crippen molar-refractivity contribution in [3.05, 3.63) is 60.2 Å². The Hall–Kier alpha value is -2.58. The van der Waals surface area contributed by atoms with E-state index in [9.17, 15) is 8.78 Å². The zero-order chi connectivity index (χ0) is 20.8. The number of hydrogen-bond donors (Lipinski definition) is 0. The first-order valence-corrected chi connectivity index (χ1v) is 8.75. The van der Waals surface area contributed by atoms with Crippen molar-refractivity contribution in [3.8, 4) is 0 Å². The van der Waals surface area contributed by atoms with Crippen LogP contribution < -0.4 is 0 Å². The summed E-state index contributed by atoms with van der Waals surface area (Å²) in [4.78, 5) is 15.4. The van der Waals surface area contributed by atoms with Crippen LogP contribution in [-0.4, -0.2) is 47.4 Å². The van der Waals surface area contributed by atoms with Gasteiger partial charge in [0.05, 0.1) is 24.8 Å². The predicted molar refractivity (Wildman–Crippen MR) is 104 cm³/mol. The Morgan fingerprint density at radius 1 is 0.750 bits per heavy atom. The number of nitrogens with zero attached hydrogens (tertiary/aromatic N) is 4. The van der Waals surface area contributed by atoms with E-state index < -0.39 is 11.6 Å². The summed E-state index contributed by atoms with van der Waals surface area (Å²) in [5.41, 5.74) is 1.86. The highest BCUT2D eigenvalue weighted by Gasteiger charge is 1.99. The molecule has 0 fully saturated rings. The van der Waals surface area contributed by atoms with Gasteiger partial charge in [0.1, 0.15) is 0 Å². The maximum absolute atomic E-state index is 12.5. The summed E-state index contributed by atoms with van der Waals surface area (Å²) in [5.74, 6) is 0.280. The van der Waals surface area contributed by atoms with Crippen molar-refractivity contribution in [2.24, 2.45) is 0 Å². The monoisotopic (exact) mass is 392 g/mol. The predicted octanol–water partition coefficient (Wildman–Crippen LogP) is 4.11. The first-order valence-electron chi connectivity index (χ1n) is 8.75. The van der Waals surface area contributed by atoms with Gasteiger partial charge in [0, 0.05) is 27.4 Å². The molecule has 0 radical (unpaired) electrons. The van der Waals surface area contributed by atoms with Crippen LogP contribution in [0.4, 0.5) is 8.78 Å². The zero-order valence-corrected chi connectivity index (χ0v) is 16.7. The second kappa shape index (κ2) is 13.6. The van der Waals surface area contributed by atoms with Gasteiger partial charge in [-0.1, -0.05) is 12.2 Å². The Balaban J connectivity index is 0.000000280. The summed E-state index contributed by atoms with van der Waals surface area (Å²) in [6.45, 7) is 5.11. The van der Waals surface area contributed by atoms with Gasteiger partial charge in [0.2, 0.25) is 0 Å². The van der Waals surface area contributed by atoms with Gasteiger partial charge in [-0.15, -0.1) is 0 Å². The molecule has 0 aliphatic heterocycles. The molecule has 152 valence electrons. The molecule has 0 bridgehead atoms. The number of allylic oxidation sites excluding steroid dienone is 2. The van der Waals surface area contributed by atoms with Gasteiger partial charge in [-0.3, -0.25) is 0 Å². The second-order valence-corrected chi connectivity index (χ2v) is 5.79. The fourth-order valence-corrected chi connectivity index (χ4v) is 2.00. The summed E-state index contributed by atoms with van der Waals surface area (Å²) in [6, 6.07) is 0. The fraction of sp³-hybridized carbons (Fsp3) is 0.400. The van der Waals surface area contributed by atoms with Crippen molar-refractivity contribution in [3.63, 3.8) is 0 Å². The molecule has 0 aliphatic carbocycles. The fourth-order valence-electron chi connectivity index (χ4n) is 2.00. The highest BCUT2D eigenvalue weighted by Crippen LogP contribution is 2.09. The van der Waals surface area contributed by atoms with E-state index >= 15 is 0 Å². The Morgan fingerprint density at radius 2 is 1.07 bits per heavy atom. The number of methoxy groups -OCH3 is 2. The summed E-state index contributed by atoms with van der Waals surface area (Å²) in [7, 11) is 3.30. The van der Waals surface area contributed by atoms with E-state index in [-0.39, 0.29) is 0 Å². The van der Waals surface area contributed by atoms with E-state index in [0.29, 0.717) is 24.9 Å². The maximum Gasteiger partial charge on any atom is 0.159 e. The molecule has 2 rings (SSSR count). The van der Waals surface area contributed by atoms with E-state index in [1.165, 1.54) is 0 Å². The maximum atomic E-state index is 12.5. The molecule has 0 spiro atoms. The minimum Gasteiger partial charge on any atom is -0.384 e. The van der Waals surface area contributed by atoms with Crippen LogP contribution in [0.25, 0.3) is 11.1 Å². The third kappa shape index (κ3) is 9.38. The van der Waals surface area contributed by atoms with Gasteiger partial charge in [0.15, 0.2) is 23.3 Å². The van der Waals surface area contributed by atoms with Crippen LogP contribution >= 0.6 is 0 Å². The SMILES string of the molecule is COCC/C=C(/C)c1ncc(F)cn1.COCC/C=C(\C)c1ncc(F)cn1. The van der Waals surface area contributed by atoms with Gasteiger partial charge in [-0.25, -0.2) is 28.7 Å². The topological polar surface area (TPSA) is 70.0 Å². The van der Waals surface area contributed by atoms with Gasteiger partial charge in [0.25, 0.3) is 0 Å². The number of ether oxygens (including phenoxy) is 2. The molecule has 0 atom stereocenters. The van der Waals surface area contributed by atoms with Gasteiger partial charge in [-0.05, 0) is 37.8 Å². The normalized spacial score (nSPS) is 11.8. The van der Waals surface area contributed by atoms with Crippen LogP contribution in [0.2, 0.25) is 0 Å². The quantitative estimate of drug-likeness (QED) is 0.630. The average molecular weight is 392 g/mol. The Bertz CT molecular complexity index is 682. The Morgan fingerprint density at radius 3 is 1.36 bits per heavy atom.